The molecule has 0 radical (unpaired) electrons. The maximum absolute atomic E-state index is 12.0. The van der Waals surface area contributed by atoms with Crippen molar-refractivity contribution in [3.63, 3.8) is 0 Å². The number of rotatable bonds is 7. The molecular weight excluding hydrogens is 389 g/mol. The summed E-state index contributed by atoms with van der Waals surface area (Å²) in [6.45, 7) is 0.181. The van der Waals surface area contributed by atoms with E-state index in [0.29, 0.717) is 33.8 Å². The Hall–Kier alpha value is -2.70. The minimum absolute atomic E-state index is 0.183. The van der Waals surface area contributed by atoms with Crippen molar-refractivity contribution in [1.29, 1.82) is 0 Å². The van der Waals surface area contributed by atoms with Gasteiger partial charge in [-0.3, -0.25) is 4.79 Å². The van der Waals surface area contributed by atoms with E-state index in [9.17, 15) is 4.79 Å². The zero-order valence-electron chi connectivity index (χ0n) is 14.5. The van der Waals surface area contributed by atoms with Crippen LogP contribution in [0.4, 0.5) is 5.69 Å². The van der Waals surface area contributed by atoms with Gasteiger partial charge in [0.05, 0.1) is 5.02 Å². The number of halogens is 2. The van der Waals surface area contributed by atoms with E-state index in [1.165, 1.54) is 0 Å². The molecule has 0 fully saturated rings. The van der Waals surface area contributed by atoms with E-state index >= 15 is 0 Å². The Bertz CT molecular complexity index is 926. The van der Waals surface area contributed by atoms with Crippen molar-refractivity contribution in [3.05, 3.63) is 70.7 Å². The molecule has 27 heavy (non-hydrogen) atoms. The van der Waals surface area contributed by atoms with Gasteiger partial charge in [0.25, 0.3) is 5.91 Å². The van der Waals surface area contributed by atoms with E-state index in [0.717, 1.165) is 5.82 Å². The minimum atomic E-state index is -0.312. The van der Waals surface area contributed by atoms with Crippen LogP contribution in [0.15, 0.2) is 54.9 Å². The molecule has 0 atom stereocenters. The third-order valence-electron chi connectivity index (χ3n) is 3.68. The van der Waals surface area contributed by atoms with Crippen LogP contribution in [0, 0.1) is 0 Å². The Labute approximate surface area is 166 Å². The number of carbonyl (C=O) groups is 1. The number of anilines is 1. The molecule has 0 saturated heterocycles. The van der Waals surface area contributed by atoms with Crippen LogP contribution in [0.25, 0.3) is 0 Å². The normalized spacial score (nSPS) is 10.5. The Balaban J connectivity index is 1.49. The first kappa shape index (κ1) is 19.1. The predicted octanol–water partition coefficient (Wildman–Crippen LogP) is 4.32. The lowest BCUT2D eigenvalue weighted by Crippen LogP contribution is -2.20. The zero-order valence-corrected chi connectivity index (χ0v) is 16.0. The Kier molecular flexibility index (Phi) is 6.21. The van der Waals surface area contributed by atoms with Crippen LogP contribution >= 0.6 is 23.2 Å². The van der Waals surface area contributed by atoms with E-state index < -0.39 is 0 Å². The molecule has 140 valence electrons. The molecule has 1 amide bonds. The van der Waals surface area contributed by atoms with Gasteiger partial charge in [0.1, 0.15) is 23.9 Å². The number of hydrogen-bond donors (Lipinski definition) is 1. The highest BCUT2D eigenvalue weighted by Gasteiger charge is 2.08. The van der Waals surface area contributed by atoms with Gasteiger partial charge in [-0.05, 0) is 36.4 Å². The van der Waals surface area contributed by atoms with Gasteiger partial charge in [0, 0.05) is 36.2 Å². The van der Waals surface area contributed by atoms with E-state index in [1.807, 2.05) is 17.8 Å². The zero-order chi connectivity index (χ0) is 19.2. The summed E-state index contributed by atoms with van der Waals surface area (Å²) in [5, 5.41) is 3.61. The molecule has 3 aromatic rings. The summed E-state index contributed by atoms with van der Waals surface area (Å²) in [6, 6.07) is 11.9. The van der Waals surface area contributed by atoms with Crippen molar-refractivity contribution in [2.75, 3.05) is 11.9 Å². The second kappa shape index (κ2) is 8.79. The first-order chi connectivity index (χ1) is 13.0. The van der Waals surface area contributed by atoms with Crippen molar-refractivity contribution < 1.29 is 14.3 Å². The average molecular weight is 406 g/mol. The molecule has 6 nitrogen and oxygen atoms in total. The fraction of sp³-hybridized carbons (Fsp3) is 0.158. The lowest BCUT2D eigenvalue weighted by molar-refractivity contribution is -0.118. The Morgan fingerprint density at radius 1 is 1.15 bits per heavy atom. The molecular formula is C19H17Cl2N3O3. The van der Waals surface area contributed by atoms with Gasteiger partial charge in [-0.15, -0.1) is 0 Å². The molecule has 0 bridgehead atoms. The highest BCUT2D eigenvalue weighted by Crippen LogP contribution is 2.27. The molecule has 0 aliphatic carbocycles. The number of aryl methyl sites for hydroxylation is 1. The van der Waals surface area contributed by atoms with E-state index in [1.54, 1.807) is 48.7 Å². The van der Waals surface area contributed by atoms with Crippen LogP contribution in [-0.2, 0) is 18.4 Å². The van der Waals surface area contributed by atoms with Crippen molar-refractivity contribution in [2.24, 2.45) is 7.05 Å². The quantitative estimate of drug-likeness (QED) is 0.635. The topological polar surface area (TPSA) is 65.4 Å². The van der Waals surface area contributed by atoms with Gasteiger partial charge < -0.3 is 19.4 Å². The molecule has 0 aliphatic heterocycles. The lowest BCUT2D eigenvalue weighted by Gasteiger charge is -2.10. The van der Waals surface area contributed by atoms with Gasteiger partial charge in [-0.1, -0.05) is 23.2 Å². The van der Waals surface area contributed by atoms with E-state index in [4.69, 9.17) is 32.7 Å². The monoisotopic (exact) mass is 405 g/mol. The van der Waals surface area contributed by atoms with Crippen LogP contribution in [-0.4, -0.2) is 22.1 Å². The summed E-state index contributed by atoms with van der Waals surface area (Å²) >= 11 is 11.9. The molecule has 0 saturated carbocycles. The molecule has 1 heterocycles. The van der Waals surface area contributed by atoms with Crippen LogP contribution in [0.3, 0.4) is 0 Å². The second-order valence-corrected chi connectivity index (χ2v) is 6.52. The SMILES string of the molecule is Cn1ccnc1COc1ccc(NC(=O)COc2cc(Cl)ccc2Cl)cc1. The van der Waals surface area contributed by atoms with E-state index in [-0.39, 0.29) is 12.5 Å². The molecule has 3 rings (SSSR count). The number of nitrogens with zero attached hydrogens (tertiary/aromatic N) is 2. The van der Waals surface area contributed by atoms with Crippen molar-refractivity contribution in [1.82, 2.24) is 9.55 Å². The number of imidazole rings is 1. The minimum Gasteiger partial charge on any atom is -0.486 e. The van der Waals surface area contributed by atoms with Gasteiger partial charge in [-0.2, -0.15) is 0 Å². The molecule has 0 aliphatic rings. The molecule has 0 spiro atoms. The van der Waals surface area contributed by atoms with Crippen molar-refractivity contribution in [2.45, 2.75) is 6.61 Å². The summed E-state index contributed by atoms with van der Waals surface area (Å²) in [5.74, 6) is 1.55. The standard InChI is InChI=1S/C19H17Cl2N3O3/c1-24-9-8-22-18(24)11-26-15-5-3-14(4-6-15)23-19(25)12-27-17-10-13(20)2-7-16(17)21/h2-10H,11-12H2,1H3,(H,23,25). The van der Waals surface area contributed by atoms with Gasteiger partial charge in [0.2, 0.25) is 0 Å². The molecule has 8 heteroatoms. The number of nitrogens with one attached hydrogen (secondary N) is 1. The summed E-state index contributed by atoms with van der Waals surface area (Å²) < 4.78 is 13.0. The maximum atomic E-state index is 12.0. The third-order valence-corrected chi connectivity index (χ3v) is 4.23. The van der Waals surface area contributed by atoms with Crippen LogP contribution in [0.5, 0.6) is 11.5 Å². The smallest absolute Gasteiger partial charge is 0.262 e. The van der Waals surface area contributed by atoms with Crippen molar-refractivity contribution >= 4 is 34.8 Å². The fourth-order valence-electron chi connectivity index (χ4n) is 2.25. The van der Waals surface area contributed by atoms with Gasteiger partial charge in [-0.25, -0.2) is 4.98 Å². The van der Waals surface area contributed by atoms with Gasteiger partial charge in [0.15, 0.2) is 6.61 Å². The summed E-state index contributed by atoms with van der Waals surface area (Å²) in [4.78, 5) is 16.2. The summed E-state index contributed by atoms with van der Waals surface area (Å²) in [6.07, 6.45) is 3.58. The Morgan fingerprint density at radius 3 is 2.63 bits per heavy atom. The second-order valence-electron chi connectivity index (χ2n) is 5.68. The number of aromatic nitrogens is 2. The summed E-state index contributed by atoms with van der Waals surface area (Å²) in [5.41, 5.74) is 0.630. The fourth-order valence-corrected chi connectivity index (χ4v) is 2.58. The Morgan fingerprint density at radius 2 is 1.93 bits per heavy atom. The molecule has 2 aromatic carbocycles. The van der Waals surface area contributed by atoms with Crippen LogP contribution in [0.1, 0.15) is 5.82 Å². The first-order valence-electron chi connectivity index (χ1n) is 8.08. The van der Waals surface area contributed by atoms with Crippen LogP contribution in [0.2, 0.25) is 10.0 Å². The molecule has 1 aromatic heterocycles. The third kappa shape index (κ3) is 5.39. The number of ether oxygens (including phenoxy) is 2. The molecule has 1 N–H and O–H groups in total. The number of amides is 1. The first-order valence-corrected chi connectivity index (χ1v) is 8.83. The summed E-state index contributed by atoms with van der Waals surface area (Å²) in [7, 11) is 1.91. The largest absolute Gasteiger partial charge is 0.486 e. The number of hydrogen-bond acceptors (Lipinski definition) is 4. The van der Waals surface area contributed by atoms with Gasteiger partial charge >= 0.3 is 0 Å². The van der Waals surface area contributed by atoms with Crippen molar-refractivity contribution in [3.8, 4) is 11.5 Å². The number of carbonyl (C=O) groups excluding carboxylic acids is 1. The predicted molar refractivity (Wildman–Crippen MR) is 105 cm³/mol. The number of benzene rings is 2. The van der Waals surface area contributed by atoms with E-state index in [2.05, 4.69) is 10.3 Å². The highest BCUT2D eigenvalue weighted by atomic mass is 35.5. The van der Waals surface area contributed by atoms with Crippen LogP contribution < -0.4 is 14.8 Å². The highest BCUT2D eigenvalue weighted by molar-refractivity contribution is 6.34. The average Bonchev–Trinajstić information content (AvgIpc) is 3.07. The maximum Gasteiger partial charge on any atom is 0.262 e. The lowest BCUT2D eigenvalue weighted by atomic mass is 10.3. The molecule has 0 unspecified atom stereocenters.